The second kappa shape index (κ2) is 16.5. The molecule has 0 aliphatic heterocycles. The Hall–Kier alpha value is -1.18. The molecule has 0 aromatic heterocycles. The molecule has 0 radical (unpaired) electrons. The van der Waals surface area contributed by atoms with Gasteiger partial charge in [-0.15, -0.1) is 0 Å². The van der Waals surface area contributed by atoms with Gasteiger partial charge in [0.1, 0.15) is 6.54 Å². The van der Waals surface area contributed by atoms with Crippen molar-refractivity contribution in [3.8, 4) is 0 Å². The molecule has 0 rings (SSSR count). The number of hydrogen-bond donors (Lipinski definition) is 1. The van der Waals surface area contributed by atoms with Gasteiger partial charge in [0.25, 0.3) is 0 Å². The molecule has 0 atom stereocenters. The van der Waals surface area contributed by atoms with E-state index in [0.717, 1.165) is 37.0 Å². The Balaban J connectivity index is 3.99. The van der Waals surface area contributed by atoms with Crippen molar-refractivity contribution in [2.24, 2.45) is 11.8 Å². The van der Waals surface area contributed by atoms with E-state index in [1.54, 1.807) is 0 Å². The van der Waals surface area contributed by atoms with E-state index in [0.29, 0.717) is 57.6 Å². The molecular formula is C23H48N3O4+. The number of carbonyl (C=O) groups is 2. The van der Waals surface area contributed by atoms with E-state index in [1.165, 1.54) is 0 Å². The first-order valence-corrected chi connectivity index (χ1v) is 11.5. The van der Waals surface area contributed by atoms with Crippen LogP contribution < -0.4 is 5.32 Å². The van der Waals surface area contributed by atoms with Crippen molar-refractivity contribution in [1.29, 1.82) is 0 Å². The lowest BCUT2D eigenvalue weighted by Crippen LogP contribution is -2.37. The smallest absolute Gasteiger partial charge is 0.224 e. The molecular weight excluding hydrogens is 382 g/mol. The van der Waals surface area contributed by atoms with Gasteiger partial charge in [-0.25, -0.2) is 0 Å². The molecule has 0 saturated heterocycles. The van der Waals surface area contributed by atoms with Crippen LogP contribution in [0.2, 0.25) is 0 Å². The van der Waals surface area contributed by atoms with Gasteiger partial charge in [0.05, 0.1) is 54.0 Å². The van der Waals surface area contributed by atoms with Gasteiger partial charge in [-0.05, 0) is 24.7 Å². The average Bonchev–Trinajstić information content (AvgIpc) is 2.63. The lowest BCUT2D eigenvalue weighted by molar-refractivity contribution is -0.870. The highest BCUT2D eigenvalue weighted by Gasteiger charge is 2.15. The van der Waals surface area contributed by atoms with Crippen LogP contribution in [0.15, 0.2) is 0 Å². The number of rotatable bonds is 18. The van der Waals surface area contributed by atoms with Crippen LogP contribution in [0.5, 0.6) is 0 Å². The van der Waals surface area contributed by atoms with Gasteiger partial charge >= 0.3 is 0 Å². The second-order valence-corrected chi connectivity index (χ2v) is 9.88. The molecule has 7 nitrogen and oxygen atoms in total. The van der Waals surface area contributed by atoms with Gasteiger partial charge in [-0.3, -0.25) is 9.59 Å². The van der Waals surface area contributed by atoms with Crippen LogP contribution in [-0.2, 0) is 19.1 Å². The number of carbonyl (C=O) groups excluding carboxylic acids is 2. The Morgan fingerprint density at radius 1 is 0.867 bits per heavy atom. The fraction of sp³-hybridized carbons (Fsp3) is 0.913. The van der Waals surface area contributed by atoms with Crippen LogP contribution in [0.1, 0.15) is 53.4 Å². The van der Waals surface area contributed by atoms with Crippen molar-refractivity contribution < 1.29 is 23.5 Å². The molecule has 0 unspecified atom stereocenters. The van der Waals surface area contributed by atoms with E-state index in [4.69, 9.17) is 9.47 Å². The van der Waals surface area contributed by atoms with Gasteiger partial charge in [0, 0.05) is 26.1 Å². The number of quaternary nitrogens is 1. The third-order valence-corrected chi connectivity index (χ3v) is 4.47. The SMILES string of the molecule is CC(C)CNC(=O)CCCCN(CC(C)C)C(=O)CCOCCOCC[N+](C)(C)C. The molecule has 0 heterocycles. The summed E-state index contributed by atoms with van der Waals surface area (Å²) in [6.45, 7) is 13.7. The summed E-state index contributed by atoms with van der Waals surface area (Å²) < 4.78 is 12.0. The molecule has 0 aliphatic carbocycles. The fourth-order valence-electron chi connectivity index (χ4n) is 2.73. The first-order chi connectivity index (χ1) is 14.0. The van der Waals surface area contributed by atoms with Crippen molar-refractivity contribution >= 4 is 11.8 Å². The molecule has 0 aromatic rings. The van der Waals surface area contributed by atoms with Crippen molar-refractivity contribution in [2.45, 2.75) is 53.4 Å². The van der Waals surface area contributed by atoms with Gasteiger partial charge in [0.2, 0.25) is 11.8 Å². The summed E-state index contributed by atoms with van der Waals surface area (Å²) in [5.74, 6) is 1.10. The zero-order valence-electron chi connectivity index (χ0n) is 20.7. The van der Waals surface area contributed by atoms with Crippen molar-refractivity contribution in [1.82, 2.24) is 10.2 Å². The Morgan fingerprint density at radius 3 is 2.07 bits per heavy atom. The van der Waals surface area contributed by atoms with E-state index in [1.807, 2.05) is 4.90 Å². The summed E-state index contributed by atoms with van der Waals surface area (Å²) in [5.41, 5.74) is 0. The Morgan fingerprint density at radius 2 is 1.50 bits per heavy atom. The number of unbranched alkanes of at least 4 members (excludes halogenated alkanes) is 1. The van der Waals surface area contributed by atoms with E-state index in [-0.39, 0.29) is 11.8 Å². The Bertz CT molecular complexity index is 462. The van der Waals surface area contributed by atoms with Crippen molar-refractivity contribution in [3.63, 3.8) is 0 Å². The molecule has 178 valence electrons. The molecule has 30 heavy (non-hydrogen) atoms. The minimum Gasteiger partial charge on any atom is -0.379 e. The lowest BCUT2D eigenvalue weighted by atomic mass is 10.1. The van der Waals surface area contributed by atoms with Crippen LogP contribution in [0.3, 0.4) is 0 Å². The highest BCUT2D eigenvalue weighted by molar-refractivity contribution is 5.76. The summed E-state index contributed by atoms with van der Waals surface area (Å²) >= 11 is 0. The highest BCUT2D eigenvalue weighted by Crippen LogP contribution is 2.06. The zero-order valence-corrected chi connectivity index (χ0v) is 20.7. The van der Waals surface area contributed by atoms with Gasteiger partial charge < -0.3 is 24.2 Å². The first-order valence-electron chi connectivity index (χ1n) is 11.5. The molecule has 0 aromatic carbocycles. The standard InChI is InChI=1S/C23H47N3O4/c1-20(2)18-24-22(27)10-8-9-12-25(19-21(3)4)23(28)11-14-29-16-17-30-15-13-26(5,6)7/h20-21H,8-19H2,1-7H3/p+1. The number of hydrogen-bond acceptors (Lipinski definition) is 4. The average molecular weight is 431 g/mol. The van der Waals surface area contributed by atoms with Gasteiger partial charge in [0.15, 0.2) is 0 Å². The summed E-state index contributed by atoms with van der Waals surface area (Å²) in [7, 11) is 6.40. The molecule has 2 amide bonds. The highest BCUT2D eigenvalue weighted by atomic mass is 16.5. The van der Waals surface area contributed by atoms with E-state index in [9.17, 15) is 9.59 Å². The monoisotopic (exact) mass is 430 g/mol. The lowest BCUT2D eigenvalue weighted by Gasteiger charge is -2.25. The van der Waals surface area contributed by atoms with Gasteiger partial charge in [-0.2, -0.15) is 0 Å². The van der Waals surface area contributed by atoms with Gasteiger partial charge in [-0.1, -0.05) is 27.7 Å². The second-order valence-electron chi connectivity index (χ2n) is 9.88. The summed E-state index contributed by atoms with van der Waals surface area (Å²) in [6, 6.07) is 0. The molecule has 0 bridgehead atoms. The molecule has 0 saturated carbocycles. The maximum atomic E-state index is 12.6. The largest absolute Gasteiger partial charge is 0.379 e. The Kier molecular flexibility index (Phi) is 15.9. The number of ether oxygens (including phenoxy) is 2. The predicted molar refractivity (Wildman–Crippen MR) is 122 cm³/mol. The maximum Gasteiger partial charge on any atom is 0.224 e. The molecule has 7 heteroatoms. The fourth-order valence-corrected chi connectivity index (χ4v) is 2.73. The van der Waals surface area contributed by atoms with E-state index < -0.39 is 0 Å². The molecule has 1 N–H and O–H groups in total. The number of nitrogens with one attached hydrogen (secondary N) is 1. The number of nitrogens with zero attached hydrogens (tertiary/aromatic N) is 2. The van der Waals surface area contributed by atoms with Crippen LogP contribution in [0.4, 0.5) is 0 Å². The normalized spacial score (nSPS) is 11.9. The first kappa shape index (κ1) is 28.8. The summed E-state index contributed by atoms with van der Waals surface area (Å²) in [5, 5.41) is 2.94. The quantitative estimate of drug-likeness (QED) is 0.268. The van der Waals surface area contributed by atoms with Crippen molar-refractivity contribution in [3.05, 3.63) is 0 Å². The number of likely N-dealkylation sites (N-methyl/N-ethyl adjacent to an activating group) is 1. The summed E-state index contributed by atoms with van der Waals surface area (Å²) in [6.07, 6.45) is 2.55. The number of amides is 2. The van der Waals surface area contributed by atoms with Crippen LogP contribution in [-0.4, -0.2) is 94.9 Å². The molecule has 0 aliphatic rings. The Labute approximate surface area is 185 Å². The van der Waals surface area contributed by atoms with Crippen LogP contribution >= 0.6 is 0 Å². The minimum atomic E-state index is 0.0995. The van der Waals surface area contributed by atoms with E-state index in [2.05, 4.69) is 54.2 Å². The predicted octanol–water partition coefficient (Wildman–Crippen LogP) is 2.54. The maximum absolute atomic E-state index is 12.6. The topological polar surface area (TPSA) is 67.9 Å². The molecule has 0 fully saturated rings. The minimum absolute atomic E-state index is 0.0995. The third kappa shape index (κ3) is 18.8. The molecule has 0 spiro atoms. The zero-order chi connectivity index (χ0) is 23.0. The van der Waals surface area contributed by atoms with Crippen LogP contribution in [0, 0.1) is 11.8 Å². The van der Waals surface area contributed by atoms with Crippen LogP contribution in [0.25, 0.3) is 0 Å². The van der Waals surface area contributed by atoms with E-state index >= 15 is 0 Å². The summed E-state index contributed by atoms with van der Waals surface area (Å²) in [4.78, 5) is 26.3. The van der Waals surface area contributed by atoms with Crippen molar-refractivity contribution in [2.75, 3.05) is 73.7 Å². The third-order valence-electron chi connectivity index (χ3n) is 4.47.